The van der Waals surface area contributed by atoms with E-state index in [9.17, 15) is 9.59 Å². The van der Waals surface area contributed by atoms with Gasteiger partial charge in [0, 0.05) is 26.1 Å². The second-order valence-electron chi connectivity index (χ2n) is 5.10. The van der Waals surface area contributed by atoms with Crippen LogP contribution in [0.5, 0.6) is 0 Å². The van der Waals surface area contributed by atoms with Gasteiger partial charge in [0.25, 0.3) is 0 Å². The van der Waals surface area contributed by atoms with Crippen LogP contribution in [0.3, 0.4) is 0 Å². The Hall–Kier alpha value is -1.14. The summed E-state index contributed by atoms with van der Waals surface area (Å²) in [4.78, 5) is 23.0. The van der Waals surface area contributed by atoms with Gasteiger partial charge in [-0.15, -0.1) is 0 Å². The topological polar surface area (TPSA) is 93.5 Å². The quantitative estimate of drug-likeness (QED) is 0.558. The molecule has 1 aliphatic rings. The molecule has 110 valence electrons. The van der Waals surface area contributed by atoms with Crippen molar-refractivity contribution >= 4 is 11.8 Å². The van der Waals surface area contributed by atoms with Gasteiger partial charge in [-0.1, -0.05) is 0 Å². The molecule has 2 amide bonds. The lowest BCUT2D eigenvalue weighted by molar-refractivity contribution is -0.126. The first-order valence-corrected chi connectivity index (χ1v) is 6.89. The van der Waals surface area contributed by atoms with E-state index in [1.807, 2.05) is 0 Å². The van der Waals surface area contributed by atoms with Gasteiger partial charge < -0.3 is 21.1 Å². The van der Waals surface area contributed by atoms with E-state index in [1.54, 1.807) is 7.11 Å². The second-order valence-corrected chi connectivity index (χ2v) is 5.10. The predicted octanol–water partition coefficient (Wildman–Crippen LogP) is -0.227. The van der Waals surface area contributed by atoms with E-state index in [4.69, 9.17) is 10.5 Å². The zero-order chi connectivity index (χ0) is 14.1. The van der Waals surface area contributed by atoms with Gasteiger partial charge in [-0.05, 0) is 31.6 Å². The zero-order valence-electron chi connectivity index (χ0n) is 11.6. The Balaban J connectivity index is 2.09. The number of hydrogen-bond acceptors (Lipinski definition) is 4. The summed E-state index contributed by atoms with van der Waals surface area (Å²) < 4.78 is 4.81. The van der Waals surface area contributed by atoms with E-state index in [0.29, 0.717) is 31.5 Å². The summed E-state index contributed by atoms with van der Waals surface area (Å²) in [5.41, 5.74) is 5.82. The Morgan fingerprint density at radius 1 is 1.16 bits per heavy atom. The molecule has 1 saturated carbocycles. The first-order chi connectivity index (χ1) is 9.11. The fourth-order valence-electron chi connectivity index (χ4n) is 2.26. The normalized spacial score (nSPS) is 22.8. The SMILES string of the molecule is COCCNC(=O)CNC(=O)CC1CCC(N)CC1. The number of nitrogens with two attached hydrogens (primary N) is 1. The molecule has 6 heteroatoms. The minimum atomic E-state index is -0.184. The maximum Gasteiger partial charge on any atom is 0.239 e. The highest BCUT2D eigenvalue weighted by molar-refractivity contribution is 5.84. The molecule has 0 bridgehead atoms. The summed E-state index contributed by atoms with van der Waals surface area (Å²) in [5, 5.41) is 5.30. The summed E-state index contributed by atoms with van der Waals surface area (Å²) in [5.74, 6) is 0.176. The minimum absolute atomic E-state index is 0.0365. The Morgan fingerprint density at radius 2 is 1.84 bits per heavy atom. The lowest BCUT2D eigenvalue weighted by Crippen LogP contribution is -2.39. The van der Waals surface area contributed by atoms with Crippen molar-refractivity contribution in [3.05, 3.63) is 0 Å². The van der Waals surface area contributed by atoms with Crippen LogP contribution < -0.4 is 16.4 Å². The van der Waals surface area contributed by atoms with Crippen molar-refractivity contribution in [2.24, 2.45) is 11.7 Å². The average molecular weight is 271 g/mol. The maximum atomic E-state index is 11.7. The Bertz CT molecular complexity index is 289. The van der Waals surface area contributed by atoms with E-state index in [1.165, 1.54) is 0 Å². The molecule has 0 radical (unpaired) electrons. The molecule has 0 spiro atoms. The summed E-state index contributed by atoms with van der Waals surface area (Å²) in [7, 11) is 1.57. The molecular formula is C13H25N3O3. The van der Waals surface area contributed by atoms with Gasteiger partial charge in [-0.2, -0.15) is 0 Å². The molecule has 0 aliphatic heterocycles. The van der Waals surface area contributed by atoms with Gasteiger partial charge in [0.2, 0.25) is 11.8 Å². The molecule has 0 aromatic heterocycles. The molecule has 0 saturated heterocycles. The van der Waals surface area contributed by atoms with Gasteiger partial charge in [-0.25, -0.2) is 0 Å². The molecule has 1 fully saturated rings. The molecule has 19 heavy (non-hydrogen) atoms. The smallest absolute Gasteiger partial charge is 0.239 e. The van der Waals surface area contributed by atoms with Crippen LogP contribution in [0.15, 0.2) is 0 Å². The summed E-state index contributed by atoms with van der Waals surface area (Å²) >= 11 is 0. The van der Waals surface area contributed by atoms with Gasteiger partial charge in [0.1, 0.15) is 0 Å². The van der Waals surface area contributed by atoms with Crippen molar-refractivity contribution < 1.29 is 14.3 Å². The van der Waals surface area contributed by atoms with Crippen molar-refractivity contribution in [2.45, 2.75) is 38.1 Å². The predicted molar refractivity (Wildman–Crippen MR) is 72.4 cm³/mol. The molecule has 1 aliphatic carbocycles. The molecule has 0 aromatic rings. The zero-order valence-corrected chi connectivity index (χ0v) is 11.6. The monoisotopic (exact) mass is 271 g/mol. The Morgan fingerprint density at radius 3 is 2.47 bits per heavy atom. The Kier molecular flexibility index (Phi) is 7.43. The number of methoxy groups -OCH3 is 1. The highest BCUT2D eigenvalue weighted by Crippen LogP contribution is 2.25. The van der Waals surface area contributed by atoms with Crippen LogP contribution in [-0.4, -0.2) is 44.7 Å². The van der Waals surface area contributed by atoms with E-state index in [0.717, 1.165) is 25.7 Å². The Labute approximate surface area is 114 Å². The van der Waals surface area contributed by atoms with E-state index < -0.39 is 0 Å². The molecule has 0 unspecified atom stereocenters. The fraction of sp³-hybridized carbons (Fsp3) is 0.846. The van der Waals surface area contributed by atoms with Crippen LogP contribution in [0, 0.1) is 5.92 Å². The van der Waals surface area contributed by atoms with Crippen molar-refractivity contribution in [2.75, 3.05) is 26.8 Å². The molecule has 4 N–H and O–H groups in total. The summed E-state index contributed by atoms with van der Waals surface area (Å²) in [6.07, 6.45) is 4.51. The highest BCUT2D eigenvalue weighted by atomic mass is 16.5. The third-order valence-electron chi connectivity index (χ3n) is 3.44. The molecule has 0 aromatic carbocycles. The van der Waals surface area contributed by atoms with Crippen LogP contribution in [-0.2, 0) is 14.3 Å². The third kappa shape index (κ3) is 7.12. The maximum absolute atomic E-state index is 11.7. The van der Waals surface area contributed by atoms with Gasteiger partial charge in [0.05, 0.1) is 13.2 Å². The average Bonchev–Trinajstić information content (AvgIpc) is 2.39. The van der Waals surface area contributed by atoms with Crippen molar-refractivity contribution in [3.63, 3.8) is 0 Å². The number of hydrogen-bond donors (Lipinski definition) is 3. The van der Waals surface area contributed by atoms with Crippen molar-refractivity contribution in [3.8, 4) is 0 Å². The number of carbonyl (C=O) groups excluding carboxylic acids is 2. The number of rotatable bonds is 7. The molecule has 0 atom stereocenters. The largest absolute Gasteiger partial charge is 0.383 e. The lowest BCUT2D eigenvalue weighted by Gasteiger charge is -2.25. The standard InChI is InChI=1S/C13H25N3O3/c1-19-7-6-15-13(18)9-16-12(17)8-10-2-4-11(14)5-3-10/h10-11H,2-9,14H2,1H3,(H,15,18)(H,16,17). The van der Waals surface area contributed by atoms with Gasteiger partial charge in [-0.3, -0.25) is 9.59 Å². The highest BCUT2D eigenvalue weighted by Gasteiger charge is 2.20. The van der Waals surface area contributed by atoms with Crippen molar-refractivity contribution in [1.82, 2.24) is 10.6 Å². The first-order valence-electron chi connectivity index (χ1n) is 6.89. The molecular weight excluding hydrogens is 246 g/mol. The summed E-state index contributed by atoms with van der Waals surface area (Å²) in [6.45, 7) is 0.975. The minimum Gasteiger partial charge on any atom is -0.383 e. The number of ether oxygens (including phenoxy) is 1. The van der Waals surface area contributed by atoms with E-state index in [-0.39, 0.29) is 18.4 Å². The molecule has 0 heterocycles. The van der Waals surface area contributed by atoms with Gasteiger partial charge >= 0.3 is 0 Å². The number of amides is 2. The van der Waals surface area contributed by atoms with Crippen molar-refractivity contribution in [1.29, 1.82) is 0 Å². The lowest BCUT2D eigenvalue weighted by atomic mass is 9.84. The first kappa shape index (κ1) is 15.9. The van der Waals surface area contributed by atoms with Gasteiger partial charge in [0.15, 0.2) is 0 Å². The summed E-state index contributed by atoms with van der Waals surface area (Å²) in [6, 6.07) is 0.297. The van der Waals surface area contributed by atoms with E-state index in [2.05, 4.69) is 10.6 Å². The second kappa shape index (κ2) is 8.87. The fourth-order valence-corrected chi connectivity index (χ4v) is 2.26. The van der Waals surface area contributed by atoms with E-state index >= 15 is 0 Å². The molecule has 6 nitrogen and oxygen atoms in total. The number of nitrogens with one attached hydrogen (secondary N) is 2. The van der Waals surface area contributed by atoms with Crippen LogP contribution in [0.1, 0.15) is 32.1 Å². The van der Waals surface area contributed by atoms with Crippen LogP contribution in [0.25, 0.3) is 0 Å². The van der Waals surface area contributed by atoms with Crippen LogP contribution in [0.4, 0.5) is 0 Å². The number of carbonyl (C=O) groups is 2. The third-order valence-corrected chi connectivity index (χ3v) is 3.44. The van der Waals surface area contributed by atoms with Crippen LogP contribution in [0.2, 0.25) is 0 Å². The van der Waals surface area contributed by atoms with Crippen LogP contribution >= 0.6 is 0 Å². The molecule has 1 rings (SSSR count).